The molecule has 0 aliphatic carbocycles. The molecule has 2 aliphatic rings. The summed E-state index contributed by atoms with van der Waals surface area (Å²) in [5.74, 6) is 0.244. The zero-order chi connectivity index (χ0) is 18.7. The molecule has 6 heteroatoms. The highest BCUT2D eigenvalue weighted by atomic mass is 16.3. The lowest BCUT2D eigenvalue weighted by atomic mass is 9.73. The van der Waals surface area contributed by atoms with Crippen LogP contribution in [0.5, 0.6) is 5.75 Å². The summed E-state index contributed by atoms with van der Waals surface area (Å²) in [6, 6.07) is 5.05. The largest absolute Gasteiger partial charge is 0.508 e. The number of aliphatic hydroxyl groups excluding tert-OH is 1. The maximum atomic E-state index is 13.0. The lowest BCUT2D eigenvalue weighted by Gasteiger charge is -2.48. The molecule has 6 nitrogen and oxygen atoms in total. The van der Waals surface area contributed by atoms with Crippen LogP contribution in [0, 0.1) is 12.3 Å². The van der Waals surface area contributed by atoms with E-state index in [0.717, 1.165) is 19.3 Å². The fraction of sp³-hybridized carbons (Fsp3) is 0.600. The number of rotatable bonds is 4. The van der Waals surface area contributed by atoms with Gasteiger partial charge in [-0.05, 0) is 44.7 Å². The Bertz CT molecular complexity index is 690. The number of piperidine rings is 2. The Morgan fingerprint density at radius 2 is 2.08 bits per heavy atom. The molecule has 2 saturated heterocycles. The Labute approximate surface area is 154 Å². The normalized spacial score (nSPS) is 23.5. The van der Waals surface area contributed by atoms with Crippen molar-refractivity contribution in [1.82, 2.24) is 9.80 Å². The van der Waals surface area contributed by atoms with E-state index in [9.17, 15) is 14.7 Å². The number of phenols is 1. The van der Waals surface area contributed by atoms with Crippen molar-refractivity contribution in [3.05, 3.63) is 29.3 Å². The second-order valence-corrected chi connectivity index (χ2v) is 7.67. The minimum Gasteiger partial charge on any atom is -0.508 e. The number of hydrogen-bond acceptors (Lipinski definition) is 4. The smallest absolute Gasteiger partial charge is 0.254 e. The quantitative estimate of drug-likeness (QED) is 0.860. The molecule has 0 aromatic heterocycles. The van der Waals surface area contributed by atoms with Crippen LogP contribution < -0.4 is 0 Å². The average Bonchev–Trinajstić information content (AvgIpc) is 2.64. The Morgan fingerprint density at radius 3 is 2.85 bits per heavy atom. The fourth-order valence-electron chi connectivity index (χ4n) is 4.31. The van der Waals surface area contributed by atoms with Crippen LogP contribution in [0.15, 0.2) is 18.2 Å². The second-order valence-electron chi connectivity index (χ2n) is 7.67. The predicted molar refractivity (Wildman–Crippen MR) is 97.9 cm³/mol. The van der Waals surface area contributed by atoms with Gasteiger partial charge in [-0.3, -0.25) is 9.59 Å². The summed E-state index contributed by atoms with van der Waals surface area (Å²) in [6.07, 6.45) is 3.85. The van der Waals surface area contributed by atoms with E-state index in [2.05, 4.69) is 0 Å². The lowest BCUT2D eigenvalue weighted by Crippen LogP contribution is -2.55. The number of aromatic hydroxyl groups is 1. The highest BCUT2D eigenvalue weighted by molar-refractivity contribution is 5.96. The number of benzene rings is 1. The van der Waals surface area contributed by atoms with Gasteiger partial charge >= 0.3 is 0 Å². The Morgan fingerprint density at radius 1 is 1.27 bits per heavy atom. The van der Waals surface area contributed by atoms with E-state index in [-0.39, 0.29) is 29.6 Å². The van der Waals surface area contributed by atoms with E-state index in [1.165, 1.54) is 0 Å². The summed E-state index contributed by atoms with van der Waals surface area (Å²) in [6.45, 7) is 4.44. The third kappa shape index (κ3) is 3.70. The van der Waals surface area contributed by atoms with E-state index in [1.807, 2.05) is 9.80 Å². The average molecular weight is 360 g/mol. The van der Waals surface area contributed by atoms with Crippen LogP contribution in [0.3, 0.4) is 0 Å². The molecule has 1 aromatic carbocycles. The van der Waals surface area contributed by atoms with Gasteiger partial charge in [0.15, 0.2) is 0 Å². The molecule has 0 bridgehead atoms. The fourth-order valence-corrected chi connectivity index (χ4v) is 4.31. The number of nitrogens with zero attached hydrogens (tertiary/aromatic N) is 2. The predicted octanol–water partition coefficient (Wildman–Crippen LogP) is 1.93. The third-order valence-electron chi connectivity index (χ3n) is 5.82. The van der Waals surface area contributed by atoms with Crippen LogP contribution >= 0.6 is 0 Å². The molecule has 0 unspecified atom stereocenters. The summed E-state index contributed by atoms with van der Waals surface area (Å²) in [7, 11) is 0. The molecular formula is C20H28N2O4. The van der Waals surface area contributed by atoms with Crippen LogP contribution in [0.4, 0.5) is 0 Å². The Balaban J connectivity index is 1.75. The highest BCUT2D eigenvalue weighted by Crippen LogP contribution is 2.39. The Hall–Kier alpha value is -2.08. The maximum absolute atomic E-state index is 13.0. The summed E-state index contributed by atoms with van der Waals surface area (Å²) in [5, 5.41) is 19.0. The van der Waals surface area contributed by atoms with Gasteiger partial charge in [-0.2, -0.15) is 0 Å². The first-order valence-corrected chi connectivity index (χ1v) is 9.42. The third-order valence-corrected chi connectivity index (χ3v) is 5.82. The summed E-state index contributed by atoms with van der Waals surface area (Å²) in [4.78, 5) is 28.9. The minimum absolute atomic E-state index is 0.0451. The molecule has 142 valence electrons. The SMILES string of the molecule is Cc1c(O)cccc1C(=O)N1CCC[C@]2(CCC(=O)N(CCCO)C2)C1. The van der Waals surface area contributed by atoms with Crippen molar-refractivity contribution in [3.8, 4) is 5.75 Å². The first-order chi connectivity index (χ1) is 12.5. The molecule has 26 heavy (non-hydrogen) atoms. The zero-order valence-electron chi connectivity index (χ0n) is 15.4. The number of carbonyl (C=O) groups is 2. The lowest BCUT2D eigenvalue weighted by molar-refractivity contribution is -0.139. The standard InChI is InChI=1S/C20H28N2O4/c1-15-16(5-2-6-17(15)24)19(26)22-10-3-8-20(14-22)9-7-18(25)21(13-20)11-4-12-23/h2,5-6,23-24H,3-4,7-14H2,1H3/t20-/m1/s1. The molecule has 0 radical (unpaired) electrons. The van der Waals surface area contributed by atoms with Gasteiger partial charge in [0.2, 0.25) is 5.91 Å². The van der Waals surface area contributed by atoms with Gasteiger partial charge in [0, 0.05) is 55.7 Å². The van der Waals surface area contributed by atoms with E-state index in [4.69, 9.17) is 5.11 Å². The van der Waals surface area contributed by atoms with Gasteiger partial charge in [-0.25, -0.2) is 0 Å². The van der Waals surface area contributed by atoms with Crippen LogP contribution in [0.2, 0.25) is 0 Å². The number of carbonyl (C=O) groups excluding carboxylic acids is 2. The molecule has 1 aromatic rings. The highest BCUT2D eigenvalue weighted by Gasteiger charge is 2.42. The minimum atomic E-state index is -0.0536. The van der Waals surface area contributed by atoms with Crippen LogP contribution in [0.25, 0.3) is 0 Å². The van der Waals surface area contributed by atoms with Gasteiger partial charge in [0.25, 0.3) is 5.91 Å². The summed E-state index contributed by atoms with van der Waals surface area (Å²) < 4.78 is 0. The molecule has 2 amide bonds. The van der Waals surface area contributed by atoms with Crippen LogP contribution in [0.1, 0.15) is 48.0 Å². The van der Waals surface area contributed by atoms with Crippen molar-refractivity contribution < 1.29 is 19.8 Å². The van der Waals surface area contributed by atoms with Crippen LogP contribution in [-0.2, 0) is 4.79 Å². The topological polar surface area (TPSA) is 81.1 Å². The van der Waals surface area contributed by atoms with E-state index >= 15 is 0 Å². The molecule has 1 atom stereocenters. The van der Waals surface area contributed by atoms with Crippen molar-refractivity contribution >= 4 is 11.8 Å². The molecular weight excluding hydrogens is 332 g/mol. The monoisotopic (exact) mass is 360 g/mol. The first kappa shape index (κ1) is 18.7. The zero-order valence-corrected chi connectivity index (χ0v) is 15.4. The van der Waals surface area contributed by atoms with Gasteiger partial charge in [0.1, 0.15) is 5.75 Å². The van der Waals surface area contributed by atoms with E-state index < -0.39 is 0 Å². The molecule has 2 heterocycles. The molecule has 1 spiro atoms. The second kappa shape index (κ2) is 7.66. The number of aliphatic hydroxyl groups is 1. The van der Waals surface area contributed by atoms with E-state index in [1.54, 1.807) is 25.1 Å². The van der Waals surface area contributed by atoms with Crippen molar-refractivity contribution in [2.75, 3.05) is 32.8 Å². The first-order valence-electron chi connectivity index (χ1n) is 9.42. The molecule has 0 saturated carbocycles. The Kier molecular flexibility index (Phi) is 5.51. The van der Waals surface area contributed by atoms with E-state index in [0.29, 0.717) is 50.1 Å². The van der Waals surface area contributed by atoms with Gasteiger partial charge < -0.3 is 20.0 Å². The number of phenolic OH excluding ortho intramolecular Hbond substituents is 1. The number of likely N-dealkylation sites (tertiary alicyclic amines) is 2. The summed E-state index contributed by atoms with van der Waals surface area (Å²) in [5.41, 5.74) is 1.11. The molecule has 2 N–H and O–H groups in total. The van der Waals surface area contributed by atoms with Gasteiger partial charge in [0.05, 0.1) is 0 Å². The van der Waals surface area contributed by atoms with Crippen molar-refractivity contribution in [3.63, 3.8) is 0 Å². The molecule has 3 rings (SSSR count). The maximum Gasteiger partial charge on any atom is 0.254 e. The molecule has 2 aliphatic heterocycles. The summed E-state index contributed by atoms with van der Waals surface area (Å²) >= 11 is 0. The number of hydrogen-bond donors (Lipinski definition) is 2. The van der Waals surface area contributed by atoms with Gasteiger partial charge in [-0.15, -0.1) is 0 Å². The molecule has 2 fully saturated rings. The van der Waals surface area contributed by atoms with Crippen molar-refractivity contribution in [2.45, 2.75) is 39.0 Å². The van der Waals surface area contributed by atoms with Crippen molar-refractivity contribution in [1.29, 1.82) is 0 Å². The van der Waals surface area contributed by atoms with Crippen LogP contribution in [-0.4, -0.2) is 64.6 Å². The number of amides is 2. The van der Waals surface area contributed by atoms with Crippen molar-refractivity contribution in [2.24, 2.45) is 5.41 Å². The van der Waals surface area contributed by atoms with Gasteiger partial charge in [-0.1, -0.05) is 6.07 Å².